The van der Waals surface area contributed by atoms with Crippen molar-refractivity contribution in [1.29, 1.82) is 0 Å². The molecule has 0 saturated heterocycles. The van der Waals surface area contributed by atoms with Gasteiger partial charge in [0.15, 0.2) is 11.5 Å². The highest BCUT2D eigenvalue weighted by Crippen LogP contribution is 2.12. The van der Waals surface area contributed by atoms with Crippen molar-refractivity contribution < 1.29 is 14.0 Å². The summed E-state index contributed by atoms with van der Waals surface area (Å²) < 4.78 is 4.77. The van der Waals surface area contributed by atoms with Crippen LogP contribution in [0.15, 0.2) is 16.7 Å². The standard InChI is InChI=1S/C10H11O3/c1-2-3-4-9(12)8-5-6-13-10(8)7-11/h5-6H,2-4H2,1H3. The summed E-state index contributed by atoms with van der Waals surface area (Å²) in [5, 5.41) is 0. The summed E-state index contributed by atoms with van der Waals surface area (Å²) in [4.78, 5) is 21.7. The number of carbonyl (C=O) groups excluding carboxylic acids is 2. The van der Waals surface area contributed by atoms with E-state index in [0.717, 1.165) is 12.8 Å². The Labute approximate surface area is 76.7 Å². The van der Waals surface area contributed by atoms with E-state index < -0.39 is 0 Å². The van der Waals surface area contributed by atoms with E-state index in [-0.39, 0.29) is 11.5 Å². The fourth-order valence-corrected chi connectivity index (χ4v) is 1.08. The van der Waals surface area contributed by atoms with E-state index in [0.29, 0.717) is 12.0 Å². The molecule has 0 amide bonds. The van der Waals surface area contributed by atoms with Crippen LogP contribution < -0.4 is 0 Å². The van der Waals surface area contributed by atoms with Crippen LogP contribution in [0.25, 0.3) is 0 Å². The first-order valence-electron chi connectivity index (χ1n) is 4.28. The van der Waals surface area contributed by atoms with Crippen LogP contribution in [0.1, 0.15) is 42.3 Å². The lowest BCUT2D eigenvalue weighted by molar-refractivity contribution is 0.0979. The summed E-state index contributed by atoms with van der Waals surface area (Å²) in [6.07, 6.45) is 5.19. The van der Waals surface area contributed by atoms with Gasteiger partial charge in [-0.1, -0.05) is 13.3 Å². The van der Waals surface area contributed by atoms with Gasteiger partial charge in [-0.25, -0.2) is 0 Å². The molecule has 0 atom stereocenters. The lowest BCUT2D eigenvalue weighted by atomic mass is 10.1. The zero-order chi connectivity index (χ0) is 9.68. The molecule has 1 heterocycles. The smallest absolute Gasteiger partial charge is 0.272 e. The monoisotopic (exact) mass is 179 g/mol. The molecule has 0 aliphatic heterocycles. The zero-order valence-corrected chi connectivity index (χ0v) is 7.50. The van der Waals surface area contributed by atoms with Gasteiger partial charge in [0.05, 0.1) is 11.8 Å². The highest BCUT2D eigenvalue weighted by atomic mass is 16.3. The molecule has 1 rings (SSSR count). The molecule has 13 heavy (non-hydrogen) atoms. The van der Waals surface area contributed by atoms with Crippen LogP contribution >= 0.6 is 0 Å². The number of rotatable bonds is 5. The molecule has 0 bridgehead atoms. The third-order valence-corrected chi connectivity index (χ3v) is 1.82. The highest BCUT2D eigenvalue weighted by Gasteiger charge is 2.13. The van der Waals surface area contributed by atoms with E-state index in [2.05, 4.69) is 0 Å². The van der Waals surface area contributed by atoms with Crippen LogP contribution in [-0.4, -0.2) is 12.1 Å². The van der Waals surface area contributed by atoms with Crippen molar-refractivity contribution in [3.63, 3.8) is 0 Å². The van der Waals surface area contributed by atoms with E-state index >= 15 is 0 Å². The van der Waals surface area contributed by atoms with Gasteiger partial charge in [0, 0.05) is 6.42 Å². The summed E-state index contributed by atoms with van der Waals surface area (Å²) in [6, 6.07) is 1.51. The van der Waals surface area contributed by atoms with Crippen molar-refractivity contribution in [3.8, 4) is 0 Å². The summed E-state index contributed by atoms with van der Waals surface area (Å²) in [6.45, 7) is 2.01. The Morgan fingerprint density at radius 1 is 1.62 bits per heavy atom. The van der Waals surface area contributed by atoms with E-state index in [4.69, 9.17) is 4.42 Å². The Bertz CT molecular complexity index is 299. The van der Waals surface area contributed by atoms with Crippen LogP contribution in [0, 0.1) is 0 Å². The number of unbranched alkanes of at least 4 members (excludes halogenated alkanes) is 1. The second-order valence-corrected chi connectivity index (χ2v) is 2.79. The predicted molar refractivity (Wildman–Crippen MR) is 47.4 cm³/mol. The highest BCUT2D eigenvalue weighted by molar-refractivity contribution is 6.01. The molecule has 0 aromatic carbocycles. The van der Waals surface area contributed by atoms with Gasteiger partial charge in [0.1, 0.15) is 0 Å². The van der Waals surface area contributed by atoms with Gasteiger partial charge < -0.3 is 4.42 Å². The lowest BCUT2D eigenvalue weighted by Gasteiger charge is -1.95. The average Bonchev–Trinajstić information content (AvgIpc) is 2.61. The summed E-state index contributed by atoms with van der Waals surface area (Å²) >= 11 is 0. The van der Waals surface area contributed by atoms with Crippen LogP contribution in [0.3, 0.4) is 0 Å². The molecule has 1 radical (unpaired) electrons. The third kappa shape index (κ3) is 2.28. The first kappa shape index (κ1) is 9.71. The molecule has 0 aliphatic carbocycles. The summed E-state index contributed by atoms with van der Waals surface area (Å²) in [5.74, 6) is -0.0324. The minimum atomic E-state index is -0.0473. The molecule has 1 aromatic rings. The Morgan fingerprint density at radius 3 is 3.00 bits per heavy atom. The van der Waals surface area contributed by atoms with Gasteiger partial charge in [-0.2, -0.15) is 0 Å². The van der Waals surface area contributed by atoms with Crippen LogP contribution in [0.4, 0.5) is 0 Å². The van der Waals surface area contributed by atoms with Gasteiger partial charge in [-0.15, -0.1) is 0 Å². The fourth-order valence-electron chi connectivity index (χ4n) is 1.08. The van der Waals surface area contributed by atoms with Gasteiger partial charge in [0.25, 0.3) is 6.29 Å². The molecule has 0 fully saturated rings. The van der Waals surface area contributed by atoms with Gasteiger partial charge in [-0.3, -0.25) is 9.59 Å². The molecular formula is C10H11O3. The number of ketones is 1. The topological polar surface area (TPSA) is 47.3 Å². The minimum absolute atomic E-state index is 0.0149. The van der Waals surface area contributed by atoms with Gasteiger partial charge in [-0.05, 0) is 12.5 Å². The normalized spacial score (nSPS) is 9.92. The zero-order valence-electron chi connectivity index (χ0n) is 7.50. The predicted octanol–water partition coefficient (Wildman–Crippen LogP) is 2.11. The van der Waals surface area contributed by atoms with Crippen molar-refractivity contribution >= 4 is 12.1 Å². The lowest BCUT2D eigenvalue weighted by Crippen LogP contribution is -2.00. The van der Waals surface area contributed by atoms with Gasteiger partial charge in [0.2, 0.25) is 0 Å². The molecule has 0 N–H and O–H groups in total. The maximum Gasteiger partial charge on any atom is 0.272 e. The van der Waals surface area contributed by atoms with Crippen molar-refractivity contribution in [3.05, 3.63) is 23.7 Å². The van der Waals surface area contributed by atoms with E-state index in [1.807, 2.05) is 6.92 Å². The number of furan rings is 1. The number of hydrogen-bond donors (Lipinski definition) is 0. The Morgan fingerprint density at radius 2 is 2.38 bits per heavy atom. The molecule has 69 valence electrons. The van der Waals surface area contributed by atoms with E-state index in [9.17, 15) is 9.59 Å². The summed E-state index contributed by atoms with van der Waals surface area (Å²) in [5.41, 5.74) is 0.350. The quantitative estimate of drug-likeness (QED) is 0.650. The molecule has 0 spiro atoms. The second-order valence-electron chi connectivity index (χ2n) is 2.79. The molecule has 3 nitrogen and oxygen atoms in total. The SMILES string of the molecule is CCCCC(=O)c1ccoc1[C]=O. The van der Waals surface area contributed by atoms with Crippen LogP contribution in [0.2, 0.25) is 0 Å². The Balaban J connectivity index is 2.70. The van der Waals surface area contributed by atoms with E-state index in [1.54, 1.807) is 6.29 Å². The number of Topliss-reactive ketones (excluding diaryl/α,β-unsaturated/α-hetero) is 1. The number of hydrogen-bond acceptors (Lipinski definition) is 3. The summed E-state index contributed by atoms with van der Waals surface area (Å²) in [7, 11) is 0. The number of carbonyl (C=O) groups is 1. The maximum absolute atomic E-state index is 11.4. The molecule has 1 aromatic heterocycles. The molecule has 0 aliphatic rings. The van der Waals surface area contributed by atoms with E-state index in [1.165, 1.54) is 12.3 Å². The first-order chi connectivity index (χ1) is 6.29. The molecule has 3 heteroatoms. The van der Waals surface area contributed by atoms with Crippen molar-refractivity contribution in [1.82, 2.24) is 0 Å². The maximum atomic E-state index is 11.4. The van der Waals surface area contributed by atoms with Crippen molar-refractivity contribution in [2.45, 2.75) is 26.2 Å². The average molecular weight is 179 g/mol. The molecule has 0 saturated carbocycles. The molecular weight excluding hydrogens is 168 g/mol. The Kier molecular flexibility index (Phi) is 3.43. The van der Waals surface area contributed by atoms with Crippen LogP contribution in [0.5, 0.6) is 0 Å². The van der Waals surface area contributed by atoms with Crippen molar-refractivity contribution in [2.24, 2.45) is 0 Å². The first-order valence-corrected chi connectivity index (χ1v) is 4.28. The Hall–Kier alpha value is -1.38. The second kappa shape index (κ2) is 4.60. The largest absolute Gasteiger partial charge is 0.460 e. The third-order valence-electron chi connectivity index (χ3n) is 1.82. The van der Waals surface area contributed by atoms with Crippen molar-refractivity contribution in [2.75, 3.05) is 0 Å². The van der Waals surface area contributed by atoms with Crippen LogP contribution in [-0.2, 0) is 4.79 Å². The fraction of sp³-hybridized carbons (Fsp3) is 0.400. The minimum Gasteiger partial charge on any atom is -0.460 e. The van der Waals surface area contributed by atoms with Gasteiger partial charge >= 0.3 is 0 Å². The molecule has 0 unspecified atom stereocenters.